The van der Waals surface area contributed by atoms with Crippen LogP contribution in [0.5, 0.6) is 0 Å². The summed E-state index contributed by atoms with van der Waals surface area (Å²) in [6, 6.07) is 9.40. The van der Waals surface area contributed by atoms with Gasteiger partial charge < -0.3 is 11.1 Å². The van der Waals surface area contributed by atoms with E-state index >= 15 is 0 Å². The zero-order valence-electron chi connectivity index (χ0n) is 23.3. The summed E-state index contributed by atoms with van der Waals surface area (Å²) >= 11 is 0. The van der Waals surface area contributed by atoms with Crippen LogP contribution in [0.3, 0.4) is 0 Å². The minimum Gasteiger partial charge on any atom is -0.383 e. The number of carbonyl (C=O) groups is 1. The Hall–Kier alpha value is -4.68. The molecule has 228 valence electrons. The molecule has 2 aromatic carbocycles. The topological polar surface area (TPSA) is 98.2 Å². The lowest BCUT2D eigenvalue weighted by Crippen LogP contribution is -2.34. The Labute approximate surface area is 247 Å². The molecule has 13 heteroatoms. The van der Waals surface area contributed by atoms with Gasteiger partial charge in [-0.2, -0.15) is 18.3 Å². The van der Waals surface area contributed by atoms with E-state index in [1.165, 1.54) is 31.4 Å². The molecule has 1 fully saturated rings. The smallest absolute Gasteiger partial charge is 0.383 e. The van der Waals surface area contributed by atoms with Gasteiger partial charge in [0.05, 0.1) is 17.3 Å². The van der Waals surface area contributed by atoms with Crippen LogP contribution < -0.4 is 11.1 Å². The molecule has 0 bridgehead atoms. The van der Waals surface area contributed by atoms with Crippen molar-refractivity contribution in [2.24, 2.45) is 16.6 Å². The lowest BCUT2D eigenvalue weighted by atomic mass is 9.94. The third-order valence-electron chi connectivity index (χ3n) is 8.06. The van der Waals surface area contributed by atoms with Crippen molar-refractivity contribution in [1.82, 2.24) is 20.1 Å². The van der Waals surface area contributed by atoms with Gasteiger partial charge in [0.1, 0.15) is 29.8 Å². The average molecular weight is 613 g/mol. The van der Waals surface area contributed by atoms with Crippen molar-refractivity contribution in [2.45, 2.75) is 43.9 Å². The van der Waals surface area contributed by atoms with E-state index in [0.717, 1.165) is 23.2 Å². The minimum absolute atomic E-state index is 0.0407. The molecule has 0 radical (unpaired) electrons. The molecule has 1 saturated carbocycles. The number of aromatic nitrogens is 3. The van der Waals surface area contributed by atoms with Gasteiger partial charge in [-0.3, -0.25) is 19.5 Å². The van der Waals surface area contributed by atoms with E-state index < -0.39 is 47.8 Å². The van der Waals surface area contributed by atoms with Crippen molar-refractivity contribution in [3.05, 3.63) is 106 Å². The normalized spacial score (nSPS) is 18.1. The summed E-state index contributed by atoms with van der Waals surface area (Å²) in [6.45, 7) is -0.498. The molecule has 6 rings (SSSR count). The molecule has 0 saturated heterocycles. The second-order valence-electron chi connectivity index (χ2n) is 11.0. The maximum atomic E-state index is 14.5. The number of amides is 1. The number of hydrogen-bond donors (Lipinski definition) is 2. The van der Waals surface area contributed by atoms with E-state index in [1.807, 2.05) is 0 Å². The lowest BCUT2D eigenvalue weighted by Gasteiger charge is -2.22. The van der Waals surface area contributed by atoms with Crippen LogP contribution in [-0.4, -0.2) is 33.6 Å². The quantitative estimate of drug-likeness (QED) is 0.157. The standard InChI is InChI=1S/C31H26F6N6O/c1-39-30(38)22-10-16(4-5-24(22)34)20-3-2-6-40-27(20)25(9-15-7-18(32)13-19(33)8-15)41-26(44)14-43-28-21-11-17(21)12-23(28)29(42-43)31(35,36)37/h2-8,10,13,17,21,25H,9,11-12,14H2,1H3,(H2,38,39)(H,41,44)/t17?,21?,25-/m0/s1. The number of nitrogens with one attached hydrogen (secondary N) is 1. The number of alkyl halides is 3. The van der Waals surface area contributed by atoms with Crippen LogP contribution in [0.25, 0.3) is 11.1 Å². The van der Waals surface area contributed by atoms with Gasteiger partial charge in [0.25, 0.3) is 0 Å². The molecule has 3 N–H and O–H groups in total. The fourth-order valence-electron chi connectivity index (χ4n) is 6.05. The third-order valence-corrected chi connectivity index (χ3v) is 8.06. The fourth-order valence-corrected chi connectivity index (χ4v) is 6.05. The molecule has 1 amide bonds. The molecule has 2 heterocycles. The van der Waals surface area contributed by atoms with Gasteiger partial charge in [0.15, 0.2) is 5.69 Å². The molecule has 2 aliphatic carbocycles. The molecule has 2 aromatic heterocycles. The SMILES string of the molecule is CN=C(N)c1cc(-c2cccnc2[C@H](Cc2cc(F)cc(F)c2)NC(=O)Cn2nc(C(F)(F)F)c3c2C2CC2C3)ccc1F. The summed E-state index contributed by atoms with van der Waals surface area (Å²) in [4.78, 5) is 21.8. The minimum atomic E-state index is -4.66. The van der Waals surface area contributed by atoms with Gasteiger partial charge in [0.2, 0.25) is 5.91 Å². The summed E-state index contributed by atoms with van der Waals surface area (Å²) in [7, 11) is 1.41. The highest BCUT2D eigenvalue weighted by Gasteiger charge is 2.53. The molecule has 0 aliphatic heterocycles. The fraction of sp³-hybridized carbons (Fsp3) is 0.290. The number of amidine groups is 1. The van der Waals surface area contributed by atoms with Crippen molar-refractivity contribution >= 4 is 11.7 Å². The Morgan fingerprint density at radius 1 is 1.14 bits per heavy atom. The van der Waals surface area contributed by atoms with Crippen LogP contribution in [0, 0.1) is 23.4 Å². The van der Waals surface area contributed by atoms with Gasteiger partial charge in [-0.25, -0.2) is 13.2 Å². The molecule has 4 aromatic rings. The largest absolute Gasteiger partial charge is 0.435 e. The summed E-state index contributed by atoms with van der Waals surface area (Å²) in [5, 5.41) is 6.57. The maximum absolute atomic E-state index is 14.5. The van der Waals surface area contributed by atoms with Crippen LogP contribution in [0.15, 0.2) is 59.7 Å². The lowest BCUT2D eigenvalue weighted by molar-refractivity contribution is -0.142. The highest BCUT2D eigenvalue weighted by molar-refractivity contribution is 5.98. The number of pyridine rings is 1. The number of carbonyl (C=O) groups excluding carboxylic acids is 1. The van der Waals surface area contributed by atoms with Gasteiger partial charge in [-0.15, -0.1) is 0 Å². The van der Waals surface area contributed by atoms with Crippen LogP contribution >= 0.6 is 0 Å². The number of nitrogens with two attached hydrogens (primary N) is 1. The number of fused-ring (bicyclic) bond motifs is 3. The molecule has 3 atom stereocenters. The first-order valence-electron chi connectivity index (χ1n) is 13.8. The van der Waals surface area contributed by atoms with Crippen molar-refractivity contribution in [3.63, 3.8) is 0 Å². The van der Waals surface area contributed by atoms with Crippen molar-refractivity contribution < 1.29 is 31.1 Å². The molecule has 0 spiro atoms. The molecular formula is C31H26F6N6O. The Bertz CT molecular complexity index is 1780. The number of benzene rings is 2. The molecular weight excluding hydrogens is 586 g/mol. The number of hydrogen-bond acceptors (Lipinski definition) is 4. The Balaban J connectivity index is 1.37. The van der Waals surface area contributed by atoms with E-state index in [-0.39, 0.29) is 52.9 Å². The number of nitrogens with zero attached hydrogens (tertiary/aromatic N) is 4. The van der Waals surface area contributed by atoms with E-state index in [0.29, 0.717) is 22.9 Å². The van der Waals surface area contributed by atoms with Crippen LogP contribution in [-0.2, 0) is 30.4 Å². The second-order valence-corrected chi connectivity index (χ2v) is 11.0. The van der Waals surface area contributed by atoms with E-state index in [4.69, 9.17) is 5.73 Å². The number of halogens is 6. The van der Waals surface area contributed by atoms with Crippen molar-refractivity contribution in [1.29, 1.82) is 0 Å². The second kappa shape index (κ2) is 11.1. The zero-order chi connectivity index (χ0) is 31.3. The van der Waals surface area contributed by atoms with Gasteiger partial charge in [-0.05, 0) is 66.6 Å². The zero-order valence-corrected chi connectivity index (χ0v) is 23.3. The number of aliphatic imine (C=N–C) groups is 1. The van der Waals surface area contributed by atoms with E-state index in [1.54, 1.807) is 12.1 Å². The predicted octanol–water partition coefficient (Wildman–Crippen LogP) is 5.48. The summed E-state index contributed by atoms with van der Waals surface area (Å²) < 4.78 is 85.1. The molecule has 2 unspecified atom stereocenters. The Kier molecular flexibility index (Phi) is 7.42. The highest BCUT2D eigenvalue weighted by atomic mass is 19.4. The van der Waals surface area contributed by atoms with Crippen LogP contribution in [0.4, 0.5) is 26.3 Å². The summed E-state index contributed by atoms with van der Waals surface area (Å²) in [5.74, 6) is -2.92. The first-order valence-corrected chi connectivity index (χ1v) is 13.8. The highest BCUT2D eigenvalue weighted by Crippen LogP contribution is 2.58. The molecule has 7 nitrogen and oxygen atoms in total. The predicted molar refractivity (Wildman–Crippen MR) is 149 cm³/mol. The Morgan fingerprint density at radius 2 is 1.89 bits per heavy atom. The summed E-state index contributed by atoms with van der Waals surface area (Å²) in [5.41, 5.74) is 6.90. The molecule has 2 aliphatic rings. The maximum Gasteiger partial charge on any atom is 0.435 e. The van der Waals surface area contributed by atoms with Crippen molar-refractivity contribution in [3.8, 4) is 11.1 Å². The summed E-state index contributed by atoms with van der Waals surface area (Å²) in [6.07, 6.45) is -2.30. The van der Waals surface area contributed by atoms with Gasteiger partial charge in [0, 0.05) is 42.0 Å². The van der Waals surface area contributed by atoms with E-state index in [2.05, 4.69) is 20.4 Å². The average Bonchev–Trinajstić information content (AvgIpc) is 3.47. The van der Waals surface area contributed by atoms with Crippen molar-refractivity contribution in [2.75, 3.05) is 7.05 Å². The van der Waals surface area contributed by atoms with Crippen LogP contribution in [0.1, 0.15) is 52.2 Å². The third kappa shape index (κ3) is 5.65. The van der Waals surface area contributed by atoms with E-state index in [9.17, 15) is 31.1 Å². The molecule has 44 heavy (non-hydrogen) atoms. The number of rotatable bonds is 8. The first kappa shape index (κ1) is 29.4. The van der Waals surface area contributed by atoms with Gasteiger partial charge >= 0.3 is 6.18 Å². The monoisotopic (exact) mass is 612 g/mol. The van der Waals surface area contributed by atoms with Gasteiger partial charge in [-0.1, -0.05) is 12.1 Å². The first-order chi connectivity index (χ1) is 20.9. The van der Waals surface area contributed by atoms with Crippen LogP contribution in [0.2, 0.25) is 0 Å². The Morgan fingerprint density at radius 3 is 2.59 bits per heavy atom.